The maximum absolute atomic E-state index is 13.6. The zero-order valence-electron chi connectivity index (χ0n) is 10.8. The van der Waals surface area contributed by atoms with Gasteiger partial charge < -0.3 is 5.73 Å². The van der Waals surface area contributed by atoms with Crippen molar-refractivity contribution in [3.8, 4) is 0 Å². The molecule has 2 atom stereocenters. The van der Waals surface area contributed by atoms with E-state index >= 15 is 0 Å². The molecule has 1 aromatic carbocycles. The molecule has 0 saturated carbocycles. The standard InChI is InChI=1S/C12H15F3N2O2S/c1-7-6-17(3-2-11(7)16)20(18,19)12-9(14)4-8(13)5-10(12)15/h4-5,7,11H,2-3,6,16H2,1H3. The van der Waals surface area contributed by atoms with Gasteiger partial charge in [0.15, 0.2) is 4.90 Å². The lowest BCUT2D eigenvalue weighted by Gasteiger charge is -2.34. The third kappa shape index (κ3) is 2.68. The zero-order valence-corrected chi connectivity index (χ0v) is 11.6. The maximum Gasteiger partial charge on any atom is 0.248 e. The van der Waals surface area contributed by atoms with Crippen LogP contribution < -0.4 is 5.73 Å². The molecule has 1 aliphatic heterocycles. The van der Waals surface area contributed by atoms with E-state index in [1.807, 2.05) is 0 Å². The minimum Gasteiger partial charge on any atom is -0.327 e. The smallest absolute Gasteiger partial charge is 0.248 e. The number of rotatable bonds is 2. The molecule has 0 bridgehead atoms. The lowest BCUT2D eigenvalue weighted by molar-refractivity contribution is 0.248. The van der Waals surface area contributed by atoms with Crippen molar-refractivity contribution in [3.05, 3.63) is 29.6 Å². The van der Waals surface area contributed by atoms with Gasteiger partial charge in [0.1, 0.15) is 17.5 Å². The maximum atomic E-state index is 13.6. The molecule has 1 fully saturated rings. The second kappa shape index (κ2) is 5.34. The van der Waals surface area contributed by atoms with Crippen molar-refractivity contribution in [1.82, 2.24) is 4.31 Å². The van der Waals surface area contributed by atoms with Gasteiger partial charge in [-0.3, -0.25) is 0 Å². The molecule has 1 saturated heterocycles. The Kier molecular flexibility index (Phi) is 4.08. The molecular weight excluding hydrogens is 293 g/mol. The first-order valence-corrected chi connectivity index (χ1v) is 7.57. The molecule has 0 aliphatic carbocycles. The molecule has 0 radical (unpaired) electrons. The largest absolute Gasteiger partial charge is 0.327 e. The van der Waals surface area contributed by atoms with Crippen LogP contribution in [0.25, 0.3) is 0 Å². The highest BCUT2D eigenvalue weighted by atomic mass is 32.2. The van der Waals surface area contributed by atoms with Crippen LogP contribution in [0.3, 0.4) is 0 Å². The number of benzene rings is 1. The molecule has 112 valence electrons. The minimum atomic E-state index is -4.34. The first-order chi connectivity index (χ1) is 9.23. The number of halogens is 3. The van der Waals surface area contributed by atoms with Crippen LogP contribution >= 0.6 is 0 Å². The Balaban J connectivity index is 2.41. The highest BCUT2D eigenvalue weighted by Gasteiger charge is 2.35. The summed E-state index contributed by atoms with van der Waals surface area (Å²) in [6.07, 6.45) is 0.408. The highest BCUT2D eigenvalue weighted by Crippen LogP contribution is 2.27. The lowest BCUT2D eigenvalue weighted by atomic mass is 9.96. The van der Waals surface area contributed by atoms with E-state index in [9.17, 15) is 21.6 Å². The minimum absolute atomic E-state index is 0.0831. The van der Waals surface area contributed by atoms with Gasteiger partial charge in [-0.2, -0.15) is 4.31 Å². The van der Waals surface area contributed by atoms with Gasteiger partial charge in [-0.25, -0.2) is 21.6 Å². The van der Waals surface area contributed by atoms with Gasteiger partial charge in [-0.1, -0.05) is 6.92 Å². The number of nitrogens with zero attached hydrogens (tertiary/aromatic N) is 1. The quantitative estimate of drug-likeness (QED) is 0.900. The summed E-state index contributed by atoms with van der Waals surface area (Å²) < 4.78 is 65.6. The third-order valence-electron chi connectivity index (χ3n) is 3.50. The summed E-state index contributed by atoms with van der Waals surface area (Å²) in [7, 11) is -4.34. The van der Waals surface area contributed by atoms with Crippen LogP contribution in [0.5, 0.6) is 0 Å². The molecule has 2 unspecified atom stereocenters. The number of piperidine rings is 1. The number of nitrogens with two attached hydrogens (primary N) is 1. The average Bonchev–Trinajstić information content (AvgIpc) is 2.30. The number of hydrogen-bond acceptors (Lipinski definition) is 3. The second-order valence-electron chi connectivity index (χ2n) is 4.99. The average molecular weight is 308 g/mol. The topological polar surface area (TPSA) is 63.4 Å². The van der Waals surface area contributed by atoms with Crippen LogP contribution in [-0.4, -0.2) is 31.9 Å². The van der Waals surface area contributed by atoms with E-state index in [2.05, 4.69) is 0 Å². The molecule has 0 amide bonds. The molecule has 20 heavy (non-hydrogen) atoms. The Morgan fingerprint density at radius 2 is 1.80 bits per heavy atom. The Labute approximate surface area is 115 Å². The molecule has 0 aromatic heterocycles. The van der Waals surface area contributed by atoms with E-state index < -0.39 is 32.4 Å². The Bertz CT molecular complexity index is 598. The Hall–Kier alpha value is -1.12. The first-order valence-electron chi connectivity index (χ1n) is 6.13. The lowest BCUT2D eigenvalue weighted by Crippen LogP contribution is -2.48. The van der Waals surface area contributed by atoms with E-state index in [4.69, 9.17) is 5.73 Å². The first kappa shape index (κ1) is 15.3. The highest BCUT2D eigenvalue weighted by molar-refractivity contribution is 7.89. The fraction of sp³-hybridized carbons (Fsp3) is 0.500. The summed E-state index contributed by atoms with van der Waals surface area (Å²) in [4.78, 5) is -1.11. The molecule has 0 spiro atoms. The predicted molar refractivity (Wildman–Crippen MR) is 66.8 cm³/mol. The van der Waals surface area contributed by atoms with Gasteiger partial charge in [0.2, 0.25) is 10.0 Å². The second-order valence-corrected chi connectivity index (χ2v) is 6.87. The van der Waals surface area contributed by atoms with Crippen LogP contribution in [0.15, 0.2) is 17.0 Å². The van der Waals surface area contributed by atoms with Crippen LogP contribution in [0, 0.1) is 23.4 Å². The van der Waals surface area contributed by atoms with Crippen molar-refractivity contribution >= 4 is 10.0 Å². The van der Waals surface area contributed by atoms with Crippen LogP contribution in [0.2, 0.25) is 0 Å². The van der Waals surface area contributed by atoms with Crippen molar-refractivity contribution in [2.75, 3.05) is 13.1 Å². The van der Waals surface area contributed by atoms with E-state index in [1.54, 1.807) is 6.92 Å². The Morgan fingerprint density at radius 1 is 1.25 bits per heavy atom. The molecule has 8 heteroatoms. The summed E-state index contributed by atoms with van der Waals surface area (Å²) >= 11 is 0. The summed E-state index contributed by atoms with van der Waals surface area (Å²) in [5.74, 6) is -4.13. The van der Waals surface area contributed by atoms with E-state index in [-0.39, 0.29) is 25.0 Å². The summed E-state index contributed by atoms with van der Waals surface area (Å²) in [5, 5.41) is 0. The van der Waals surface area contributed by atoms with Crippen molar-refractivity contribution in [1.29, 1.82) is 0 Å². The van der Waals surface area contributed by atoms with Crippen molar-refractivity contribution in [2.45, 2.75) is 24.3 Å². The molecule has 4 nitrogen and oxygen atoms in total. The van der Waals surface area contributed by atoms with Gasteiger partial charge in [-0.05, 0) is 12.3 Å². The Morgan fingerprint density at radius 3 is 2.30 bits per heavy atom. The van der Waals surface area contributed by atoms with Gasteiger partial charge >= 0.3 is 0 Å². The summed E-state index contributed by atoms with van der Waals surface area (Å²) in [5.41, 5.74) is 5.78. The molecule has 2 rings (SSSR count). The fourth-order valence-corrected chi connectivity index (χ4v) is 3.89. The fourth-order valence-electron chi connectivity index (χ4n) is 2.25. The summed E-state index contributed by atoms with van der Waals surface area (Å²) in [6, 6.07) is 0.564. The van der Waals surface area contributed by atoms with Crippen LogP contribution in [-0.2, 0) is 10.0 Å². The van der Waals surface area contributed by atoms with E-state index in [0.29, 0.717) is 18.6 Å². The van der Waals surface area contributed by atoms with E-state index in [1.165, 1.54) is 0 Å². The van der Waals surface area contributed by atoms with Crippen molar-refractivity contribution in [3.63, 3.8) is 0 Å². The SMILES string of the molecule is CC1CN(S(=O)(=O)c2c(F)cc(F)cc2F)CCC1N. The van der Waals surface area contributed by atoms with Gasteiger partial charge in [0.05, 0.1) is 0 Å². The molecule has 2 N–H and O–H groups in total. The third-order valence-corrected chi connectivity index (χ3v) is 5.41. The molecular formula is C12H15F3N2O2S. The molecule has 1 aromatic rings. The normalized spacial score (nSPS) is 24.9. The van der Waals surface area contributed by atoms with Crippen molar-refractivity contribution in [2.24, 2.45) is 11.7 Å². The van der Waals surface area contributed by atoms with Gasteiger partial charge in [0.25, 0.3) is 0 Å². The van der Waals surface area contributed by atoms with Crippen LogP contribution in [0.4, 0.5) is 13.2 Å². The predicted octanol–water partition coefficient (Wildman–Crippen LogP) is 1.46. The molecule has 1 aliphatic rings. The monoisotopic (exact) mass is 308 g/mol. The van der Waals surface area contributed by atoms with Crippen LogP contribution in [0.1, 0.15) is 13.3 Å². The summed E-state index contributed by atoms with van der Waals surface area (Å²) in [6.45, 7) is 1.94. The number of sulfonamides is 1. The van der Waals surface area contributed by atoms with Gasteiger partial charge in [-0.15, -0.1) is 0 Å². The van der Waals surface area contributed by atoms with E-state index in [0.717, 1.165) is 4.31 Å². The van der Waals surface area contributed by atoms with Crippen molar-refractivity contribution < 1.29 is 21.6 Å². The number of hydrogen-bond donors (Lipinski definition) is 1. The van der Waals surface area contributed by atoms with Gasteiger partial charge in [0, 0.05) is 31.3 Å². The molecule has 1 heterocycles. The zero-order chi connectivity index (χ0) is 15.1.